The molecule has 2 aliphatic carbocycles. The molecular weight excluding hydrogens is 667 g/mol. The number of nitrogens with one attached hydrogen (secondary N) is 1. The molecule has 2 N–H and O–H groups in total. The average Bonchev–Trinajstić information content (AvgIpc) is 3.22. The lowest BCUT2D eigenvalue weighted by molar-refractivity contribution is -0.388. The van der Waals surface area contributed by atoms with E-state index in [4.69, 9.17) is 8.92 Å². The summed E-state index contributed by atoms with van der Waals surface area (Å²) in [5, 5.41) is 11.2. The molecular formula is C40H67N3O3S3. The fourth-order valence-corrected chi connectivity index (χ4v) is 13.9. The smallest absolute Gasteiger partial charge is 0.127 e. The van der Waals surface area contributed by atoms with Crippen molar-refractivity contribution in [1.82, 2.24) is 14.7 Å². The highest BCUT2D eigenvalue weighted by atomic mass is 32.3. The Morgan fingerprint density at radius 1 is 1.14 bits per heavy atom. The molecule has 278 valence electrons. The van der Waals surface area contributed by atoms with Crippen molar-refractivity contribution in [2.45, 2.75) is 121 Å². The first-order valence-electron chi connectivity index (χ1n) is 18.9. The summed E-state index contributed by atoms with van der Waals surface area (Å²) < 4.78 is 15.3. The number of fused-ring (bicyclic) bond motifs is 1. The molecule has 6 nitrogen and oxygen atoms in total. The quantitative estimate of drug-likeness (QED) is 0.0780. The average molecular weight is 734 g/mol. The normalized spacial score (nSPS) is 36.9. The maximum absolute atomic E-state index is 10.5. The first kappa shape index (κ1) is 39.7. The predicted molar refractivity (Wildman–Crippen MR) is 215 cm³/mol. The van der Waals surface area contributed by atoms with Gasteiger partial charge in [-0.15, -0.1) is 0 Å². The minimum Gasteiger partial charge on any atom is -0.393 e. The topological polar surface area (TPSA) is 57.2 Å². The lowest BCUT2D eigenvalue weighted by Crippen LogP contribution is -2.76. The molecule has 0 bridgehead atoms. The third-order valence-corrected chi connectivity index (χ3v) is 17.1. The molecule has 0 amide bonds. The summed E-state index contributed by atoms with van der Waals surface area (Å²) in [7, 11) is 1.29. The van der Waals surface area contributed by atoms with Crippen molar-refractivity contribution in [2.24, 2.45) is 17.3 Å². The van der Waals surface area contributed by atoms with Crippen LogP contribution in [0.3, 0.4) is 0 Å². The van der Waals surface area contributed by atoms with Gasteiger partial charge in [-0.2, -0.15) is 17.9 Å². The maximum atomic E-state index is 10.5. The number of hydrogen-bond acceptors (Lipinski definition) is 7. The zero-order chi connectivity index (χ0) is 34.2. The van der Waals surface area contributed by atoms with Gasteiger partial charge in [-0.05, 0) is 113 Å². The summed E-state index contributed by atoms with van der Waals surface area (Å²) in [6, 6.07) is 10.5. The van der Waals surface area contributed by atoms with E-state index in [1.165, 1.54) is 55.6 Å². The molecule has 3 aliphatic heterocycles. The van der Waals surface area contributed by atoms with Crippen molar-refractivity contribution in [3.05, 3.63) is 58.7 Å². The van der Waals surface area contributed by atoms with E-state index in [9.17, 15) is 5.11 Å². The molecule has 3 fully saturated rings. The Balaban J connectivity index is 0.00000468. The van der Waals surface area contributed by atoms with Crippen LogP contribution in [0.4, 0.5) is 0 Å². The minimum atomic E-state index is -0.753. The van der Waals surface area contributed by atoms with Crippen molar-refractivity contribution in [3.8, 4) is 0 Å². The van der Waals surface area contributed by atoms with Crippen molar-refractivity contribution in [3.63, 3.8) is 0 Å². The van der Waals surface area contributed by atoms with Crippen LogP contribution in [-0.2, 0) is 15.3 Å². The van der Waals surface area contributed by atoms with E-state index >= 15 is 0 Å². The van der Waals surface area contributed by atoms with Crippen LogP contribution in [0.1, 0.15) is 97.5 Å². The number of rotatable bonds is 11. The molecule has 1 saturated carbocycles. The SMILES string of the molecule is CC1=C(CC2C3(C)CCC(O)CC3=CCS2(C)C)CCCC2(C1)OC1(CCC(C)CN1CCNN(C)SOCCc1ccccc1)[C@H]2C.S. The molecule has 2 saturated heterocycles. The second-order valence-electron chi connectivity index (χ2n) is 16.8. The Hall–Kier alpha value is -0.490. The number of allylic oxidation sites excluding steroid dienone is 1. The van der Waals surface area contributed by atoms with Gasteiger partial charge in [0, 0.05) is 37.8 Å². The van der Waals surface area contributed by atoms with Gasteiger partial charge in [-0.1, -0.05) is 73.9 Å². The fraction of sp³-hybridized carbons (Fsp3) is 0.750. The van der Waals surface area contributed by atoms with Crippen LogP contribution in [0.5, 0.6) is 0 Å². The van der Waals surface area contributed by atoms with Crippen LogP contribution >= 0.6 is 35.8 Å². The third kappa shape index (κ3) is 8.36. The summed E-state index contributed by atoms with van der Waals surface area (Å²) in [6.07, 6.45) is 19.8. The van der Waals surface area contributed by atoms with Gasteiger partial charge < -0.3 is 9.84 Å². The number of ether oxygens (including phenoxy) is 1. The highest BCUT2D eigenvalue weighted by molar-refractivity contribution is 8.33. The first-order valence-corrected chi connectivity index (χ1v) is 22.3. The molecule has 6 unspecified atom stereocenters. The molecule has 49 heavy (non-hydrogen) atoms. The summed E-state index contributed by atoms with van der Waals surface area (Å²) in [5.41, 5.74) is 9.84. The van der Waals surface area contributed by atoms with E-state index in [1.54, 1.807) is 16.7 Å². The maximum Gasteiger partial charge on any atom is 0.127 e. The molecule has 5 aliphatic rings. The van der Waals surface area contributed by atoms with Crippen molar-refractivity contribution < 1.29 is 14.0 Å². The molecule has 0 aromatic heterocycles. The zero-order valence-corrected chi connectivity index (χ0v) is 34.2. The van der Waals surface area contributed by atoms with Gasteiger partial charge in [0.1, 0.15) is 5.72 Å². The monoisotopic (exact) mass is 733 g/mol. The van der Waals surface area contributed by atoms with E-state index in [2.05, 4.69) is 86.9 Å². The molecule has 2 spiro atoms. The van der Waals surface area contributed by atoms with Crippen molar-refractivity contribution >= 4 is 35.8 Å². The van der Waals surface area contributed by atoms with Crippen LogP contribution in [-0.4, -0.2) is 88.7 Å². The summed E-state index contributed by atoms with van der Waals surface area (Å²) in [4.78, 5) is 2.68. The van der Waals surface area contributed by atoms with E-state index in [-0.39, 0.29) is 36.3 Å². The number of benzene rings is 1. The number of hydrogen-bond donors (Lipinski definition) is 2. The van der Waals surface area contributed by atoms with Crippen LogP contribution in [0.15, 0.2) is 53.1 Å². The predicted octanol–water partition coefficient (Wildman–Crippen LogP) is 8.40. The molecule has 9 heteroatoms. The molecule has 0 radical (unpaired) electrons. The first-order chi connectivity index (χ1) is 22.9. The second kappa shape index (κ2) is 16.3. The van der Waals surface area contributed by atoms with E-state index in [0.29, 0.717) is 23.7 Å². The largest absolute Gasteiger partial charge is 0.393 e. The van der Waals surface area contributed by atoms with E-state index in [0.717, 1.165) is 58.2 Å². The molecule has 1 aromatic rings. The van der Waals surface area contributed by atoms with Gasteiger partial charge in [-0.25, -0.2) is 15.5 Å². The van der Waals surface area contributed by atoms with Crippen molar-refractivity contribution in [2.75, 3.05) is 51.6 Å². The van der Waals surface area contributed by atoms with Crippen LogP contribution < -0.4 is 5.43 Å². The third-order valence-electron chi connectivity index (χ3n) is 13.2. The van der Waals surface area contributed by atoms with Crippen LogP contribution in [0.2, 0.25) is 0 Å². The number of piperidine rings is 1. The molecule has 1 aromatic carbocycles. The number of aliphatic hydroxyl groups excluding tert-OH is 1. The Labute approximate surface area is 311 Å². The molecule has 7 atom stereocenters. The fourth-order valence-electron chi connectivity index (χ4n) is 10.2. The Kier molecular flexibility index (Phi) is 13.2. The van der Waals surface area contributed by atoms with Crippen molar-refractivity contribution in [1.29, 1.82) is 0 Å². The lowest BCUT2D eigenvalue weighted by atomic mass is 9.65. The van der Waals surface area contributed by atoms with Gasteiger partial charge >= 0.3 is 0 Å². The van der Waals surface area contributed by atoms with Crippen LogP contribution in [0.25, 0.3) is 0 Å². The number of aliphatic hydroxyl groups is 1. The van der Waals surface area contributed by atoms with Gasteiger partial charge in [0.15, 0.2) is 0 Å². The summed E-state index contributed by atoms with van der Waals surface area (Å²) in [5.74, 6) is 2.43. The van der Waals surface area contributed by atoms with E-state index < -0.39 is 10.0 Å². The van der Waals surface area contributed by atoms with Crippen LogP contribution in [0, 0.1) is 17.3 Å². The van der Waals surface area contributed by atoms with Gasteiger partial charge in [-0.3, -0.25) is 9.08 Å². The van der Waals surface area contributed by atoms with Gasteiger partial charge in [0.25, 0.3) is 0 Å². The zero-order valence-electron chi connectivity index (χ0n) is 31.6. The standard InChI is InChI=1S/C40H65N3O3S2.H2S/c1-30-15-21-40(43(29-30)23-22-41-42(5)47-45-24-17-33-12-9-8-10-13-33)32(3)39(46-40)19-11-14-34(31(2)28-39)26-37-38(4)20-16-36(44)27-35(38)18-25-48(37,6)7;/h8-10,12-13,18,30,32,36-37,41,44H,11,14-17,19-29H2,1-7H3;1H2/t30?,32-,36?,37?,38?,39?,40?;/m0./s1. The van der Waals surface area contributed by atoms with Gasteiger partial charge in [0.2, 0.25) is 0 Å². The Morgan fingerprint density at radius 2 is 1.92 bits per heavy atom. The lowest BCUT2D eigenvalue weighted by Gasteiger charge is -2.67. The van der Waals surface area contributed by atoms with Gasteiger partial charge in [0.05, 0.1) is 30.5 Å². The number of nitrogens with zero attached hydrogens (tertiary/aromatic N) is 2. The number of hydrazine groups is 1. The van der Waals surface area contributed by atoms with E-state index in [1.807, 2.05) is 11.5 Å². The highest BCUT2D eigenvalue weighted by Crippen LogP contribution is 2.64. The summed E-state index contributed by atoms with van der Waals surface area (Å²) in [6.45, 7) is 13.6. The molecule has 3 heterocycles. The summed E-state index contributed by atoms with van der Waals surface area (Å²) >= 11 is 1.40. The Morgan fingerprint density at radius 3 is 2.67 bits per heavy atom. The highest BCUT2D eigenvalue weighted by Gasteiger charge is 2.65. The second-order valence-corrected chi connectivity index (χ2v) is 21.9. The Bertz CT molecular complexity index is 1330. The number of likely N-dealkylation sites (tertiary alicyclic amines) is 1. The minimum absolute atomic E-state index is 0. The molecule has 6 rings (SSSR count).